The average Bonchev–Trinajstić information content (AvgIpc) is 3.06. The molecule has 25 heavy (non-hydrogen) atoms. The van der Waals surface area contributed by atoms with Crippen LogP contribution in [0.25, 0.3) is 0 Å². The van der Waals surface area contributed by atoms with E-state index in [4.69, 9.17) is 11.6 Å². The Morgan fingerprint density at radius 3 is 2.68 bits per heavy atom. The summed E-state index contributed by atoms with van der Waals surface area (Å²) in [5.41, 5.74) is 0.0868. The highest BCUT2D eigenvalue weighted by Gasteiger charge is 2.32. The van der Waals surface area contributed by atoms with Gasteiger partial charge in [-0.25, -0.2) is 0 Å². The smallest absolute Gasteiger partial charge is 0.387 e. The molecule has 0 bridgehead atoms. The number of ether oxygens (including phenoxy) is 1. The summed E-state index contributed by atoms with van der Waals surface area (Å²) < 4.78 is 29.6. The van der Waals surface area contributed by atoms with Gasteiger partial charge in [-0.3, -0.25) is 9.69 Å². The number of nitrogens with zero attached hydrogens (tertiary/aromatic N) is 2. The molecule has 0 aliphatic carbocycles. The molecule has 1 aromatic rings. The molecule has 0 radical (unpaired) electrons. The summed E-state index contributed by atoms with van der Waals surface area (Å²) in [7, 11) is 0. The number of rotatable bonds is 4. The van der Waals surface area contributed by atoms with Crippen LogP contribution in [0.15, 0.2) is 18.2 Å². The van der Waals surface area contributed by atoms with Gasteiger partial charge in [0.25, 0.3) is 5.91 Å². The number of benzene rings is 1. The molecule has 1 amide bonds. The molecular weight excluding hydrogens is 375 g/mol. The molecule has 0 saturated carbocycles. The maximum Gasteiger partial charge on any atom is 0.387 e. The lowest BCUT2D eigenvalue weighted by Crippen LogP contribution is -2.49. The fourth-order valence-electron chi connectivity index (χ4n) is 3.31. The molecular formula is C16H21Cl2F2N3O2. The normalized spacial score (nSPS) is 21.3. The summed E-state index contributed by atoms with van der Waals surface area (Å²) in [6.45, 7) is 2.04. The number of hydrogen-bond acceptors (Lipinski definition) is 4. The van der Waals surface area contributed by atoms with Gasteiger partial charge in [0.15, 0.2) is 0 Å². The Morgan fingerprint density at radius 1 is 1.28 bits per heavy atom. The standard InChI is InChI=1S/C16H20ClF2N3O2.ClH/c17-11-1-2-14(24-16(18)19)13(9-11)15(23)22-6-3-12(10-22)21-7-4-20-5-8-21;/h1-2,9,12,16,20H,3-8,10H2;1H. The van der Waals surface area contributed by atoms with E-state index in [0.717, 1.165) is 32.6 Å². The van der Waals surface area contributed by atoms with Crippen LogP contribution in [-0.2, 0) is 0 Å². The number of amides is 1. The summed E-state index contributed by atoms with van der Waals surface area (Å²) in [5, 5.41) is 3.62. The molecule has 1 unspecified atom stereocenters. The molecule has 0 spiro atoms. The van der Waals surface area contributed by atoms with E-state index in [2.05, 4.69) is 15.0 Å². The van der Waals surface area contributed by atoms with E-state index < -0.39 is 6.61 Å². The minimum Gasteiger partial charge on any atom is -0.434 e. The van der Waals surface area contributed by atoms with E-state index >= 15 is 0 Å². The van der Waals surface area contributed by atoms with Crippen LogP contribution in [0, 0.1) is 0 Å². The summed E-state index contributed by atoms with van der Waals surface area (Å²) >= 11 is 5.93. The molecule has 5 nitrogen and oxygen atoms in total. The van der Waals surface area contributed by atoms with E-state index in [0.29, 0.717) is 24.2 Å². The van der Waals surface area contributed by atoms with E-state index in [1.807, 2.05) is 0 Å². The van der Waals surface area contributed by atoms with Crippen molar-refractivity contribution in [3.8, 4) is 5.75 Å². The van der Waals surface area contributed by atoms with Crippen molar-refractivity contribution >= 4 is 29.9 Å². The van der Waals surface area contributed by atoms with Crippen molar-refractivity contribution in [1.82, 2.24) is 15.1 Å². The van der Waals surface area contributed by atoms with E-state index in [9.17, 15) is 13.6 Å². The van der Waals surface area contributed by atoms with E-state index in [1.165, 1.54) is 18.2 Å². The van der Waals surface area contributed by atoms with Crippen LogP contribution in [0.2, 0.25) is 5.02 Å². The van der Waals surface area contributed by atoms with Gasteiger partial charge in [0.1, 0.15) is 5.75 Å². The number of halogens is 4. The van der Waals surface area contributed by atoms with Crippen molar-refractivity contribution < 1.29 is 18.3 Å². The Hall–Kier alpha value is -1.15. The zero-order chi connectivity index (χ0) is 17.1. The lowest BCUT2D eigenvalue weighted by Gasteiger charge is -2.32. The van der Waals surface area contributed by atoms with Gasteiger partial charge in [0.2, 0.25) is 0 Å². The topological polar surface area (TPSA) is 44.8 Å². The fourth-order valence-corrected chi connectivity index (χ4v) is 3.48. The maximum atomic E-state index is 12.7. The highest BCUT2D eigenvalue weighted by molar-refractivity contribution is 6.31. The summed E-state index contributed by atoms with van der Waals surface area (Å²) in [5.74, 6) is -0.448. The molecule has 2 heterocycles. The summed E-state index contributed by atoms with van der Waals surface area (Å²) in [6.07, 6.45) is 0.886. The number of likely N-dealkylation sites (tertiary alicyclic amines) is 1. The zero-order valence-corrected chi connectivity index (χ0v) is 15.2. The molecule has 2 aliphatic heterocycles. The van der Waals surface area contributed by atoms with Crippen LogP contribution in [0.1, 0.15) is 16.8 Å². The number of piperazine rings is 1. The van der Waals surface area contributed by atoms with Gasteiger partial charge >= 0.3 is 6.61 Å². The largest absolute Gasteiger partial charge is 0.434 e. The third-order valence-electron chi connectivity index (χ3n) is 4.51. The van der Waals surface area contributed by atoms with Gasteiger partial charge in [-0.05, 0) is 24.6 Å². The third kappa shape index (κ3) is 4.94. The summed E-state index contributed by atoms with van der Waals surface area (Å²) in [6, 6.07) is 4.45. The van der Waals surface area contributed by atoms with Crippen molar-refractivity contribution in [3.63, 3.8) is 0 Å². The molecule has 0 aromatic heterocycles. The average molecular weight is 396 g/mol. The van der Waals surface area contributed by atoms with Crippen LogP contribution in [0.4, 0.5) is 8.78 Å². The third-order valence-corrected chi connectivity index (χ3v) is 4.74. The lowest BCUT2D eigenvalue weighted by atomic mass is 10.1. The first-order valence-electron chi connectivity index (χ1n) is 8.03. The van der Waals surface area contributed by atoms with Crippen molar-refractivity contribution in [3.05, 3.63) is 28.8 Å². The molecule has 3 rings (SSSR count). The van der Waals surface area contributed by atoms with Gasteiger partial charge in [-0.15, -0.1) is 12.4 Å². The van der Waals surface area contributed by atoms with Crippen molar-refractivity contribution in [2.45, 2.75) is 19.1 Å². The number of carbonyl (C=O) groups is 1. The van der Waals surface area contributed by atoms with Gasteiger partial charge in [-0.1, -0.05) is 11.6 Å². The molecule has 140 valence electrons. The van der Waals surface area contributed by atoms with Crippen molar-refractivity contribution in [2.75, 3.05) is 39.3 Å². The Labute approximate surface area is 156 Å². The van der Waals surface area contributed by atoms with Crippen LogP contribution >= 0.6 is 24.0 Å². The molecule has 2 saturated heterocycles. The minimum absolute atomic E-state index is 0. The zero-order valence-electron chi connectivity index (χ0n) is 13.6. The van der Waals surface area contributed by atoms with Gasteiger partial charge in [-0.2, -0.15) is 8.78 Å². The van der Waals surface area contributed by atoms with Gasteiger partial charge in [0, 0.05) is 50.3 Å². The predicted octanol–water partition coefficient (Wildman–Crippen LogP) is 2.48. The predicted molar refractivity (Wildman–Crippen MR) is 94.1 cm³/mol. The van der Waals surface area contributed by atoms with Gasteiger partial charge < -0.3 is 15.0 Å². The first-order chi connectivity index (χ1) is 11.5. The molecule has 1 atom stereocenters. The molecule has 9 heteroatoms. The van der Waals surface area contributed by atoms with Crippen LogP contribution in [0.3, 0.4) is 0 Å². The number of carbonyl (C=O) groups excluding carboxylic acids is 1. The van der Waals surface area contributed by atoms with Crippen LogP contribution in [0.5, 0.6) is 5.75 Å². The number of hydrogen-bond donors (Lipinski definition) is 1. The first kappa shape index (κ1) is 20.2. The SMILES string of the molecule is Cl.O=C(c1cc(Cl)ccc1OC(F)F)N1CCC(N2CCNCC2)C1. The van der Waals surface area contributed by atoms with Crippen molar-refractivity contribution in [2.24, 2.45) is 0 Å². The van der Waals surface area contributed by atoms with E-state index in [-0.39, 0.29) is 29.6 Å². The molecule has 2 fully saturated rings. The van der Waals surface area contributed by atoms with Crippen LogP contribution < -0.4 is 10.1 Å². The second kappa shape index (κ2) is 8.98. The number of alkyl halides is 2. The Kier molecular flexibility index (Phi) is 7.25. The Balaban J connectivity index is 0.00000225. The monoisotopic (exact) mass is 395 g/mol. The Bertz CT molecular complexity index is 601. The number of nitrogens with one attached hydrogen (secondary N) is 1. The highest BCUT2D eigenvalue weighted by atomic mass is 35.5. The second-order valence-electron chi connectivity index (χ2n) is 6.00. The maximum absolute atomic E-state index is 12.7. The minimum atomic E-state index is -2.98. The summed E-state index contributed by atoms with van der Waals surface area (Å²) in [4.78, 5) is 16.8. The second-order valence-corrected chi connectivity index (χ2v) is 6.44. The molecule has 2 aliphatic rings. The highest BCUT2D eigenvalue weighted by Crippen LogP contribution is 2.28. The fraction of sp³-hybridized carbons (Fsp3) is 0.562. The molecule has 1 N–H and O–H groups in total. The quantitative estimate of drug-likeness (QED) is 0.850. The Morgan fingerprint density at radius 2 is 2.00 bits per heavy atom. The first-order valence-corrected chi connectivity index (χ1v) is 8.41. The van der Waals surface area contributed by atoms with Crippen LogP contribution in [-0.4, -0.2) is 67.6 Å². The lowest BCUT2D eigenvalue weighted by molar-refractivity contribution is -0.0502. The van der Waals surface area contributed by atoms with E-state index in [1.54, 1.807) is 4.90 Å². The molecule has 1 aromatic carbocycles. The van der Waals surface area contributed by atoms with Gasteiger partial charge in [0.05, 0.1) is 5.56 Å². The van der Waals surface area contributed by atoms with Crippen molar-refractivity contribution in [1.29, 1.82) is 0 Å².